The molecule has 2 saturated heterocycles. The number of amides is 1. The van der Waals surface area contributed by atoms with Gasteiger partial charge in [0.05, 0.1) is 19.4 Å². The van der Waals surface area contributed by atoms with E-state index in [4.69, 9.17) is 15.2 Å². The van der Waals surface area contributed by atoms with Crippen LogP contribution in [0, 0.1) is 5.82 Å². The van der Waals surface area contributed by atoms with Crippen LogP contribution in [0.2, 0.25) is 0 Å². The Hall–Kier alpha value is -2.73. The maximum atomic E-state index is 14.2. The Kier molecular flexibility index (Phi) is 12.1. The molecule has 6 rings (SSSR count). The largest absolute Gasteiger partial charge is 0.438 e. The van der Waals surface area contributed by atoms with Crippen molar-refractivity contribution in [2.24, 2.45) is 5.73 Å². The Morgan fingerprint density at radius 3 is 2.53 bits per heavy atom. The lowest BCUT2D eigenvalue weighted by molar-refractivity contribution is 0.0342. The number of carbonyl (C=O) groups excluding carboxylic acids is 1. The van der Waals surface area contributed by atoms with Crippen molar-refractivity contribution in [3.8, 4) is 22.8 Å². The van der Waals surface area contributed by atoms with Crippen molar-refractivity contribution < 1.29 is 18.7 Å². The van der Waals surface area contributed by atoms with E-state index < -0.39 is 5.82 Å². The Labute approximate surface area is 275 Å². The summed E-state index contributed by atoms with van der Waals surface area (Å²) in [5, 5.41) is 3.03. The number of nitrogens with two attached hydrogens (primary N) is 1. The van der Waals surface area contributed by atoms with Crippen LogP contribution in [0.5, 0.6) is 11.6 Å². The summed E-state index contributed by atoms with van der Waals surface area (Å²) in [5.41, 5.74) is 10.8. The molecule has 0 spiro atoms. The van der Waals surface area contributed by atoms with Gasteiger partial charge in [-0.3, -0.25) is 14.6 Å². The Balaban J connectivity index is 0.00000400. The van der Waals surface area contributed by atoms with Crippen LogP contribution in [0.25, 0.3) is 11.1 Å². The smallest absolute Gasteiger partial charge is 0.257 e. The van der Waals surface area contributed by atoms with Gasteiger partial charge in [0.2, 0.25) is 5.88 Å². The average molecular weight is 656 g/mol. The zero-order valence-electron chi connectivity index (χ0n) is 25.6. The first-order chi connectivity index (χ1) is 21.5. The summed E-state index contributed by atoms with van der Waals surface area (Å²) in [7, 11) is 0. The molecule has 0 atom stereocenters. The fraction of sp³-hybridized carbons (Fsp3) is 0.471. The van der Waals surface area contributed by atoms with Gasteiger partial charge >= 0.3 is 0 Å². The second kappa shape index (κ2) is 16.2. The number of ether oxygens (including phenoxy) is 2. The Morgan fingerprint density at radius 1 is 1.00 bits per heavy atom. The van der Waals surface area contributed by atoms with Gasteiger partial charge in [-0.15, -0.1) is 12.4 Å². The molecule has 2 aromatic carbocycles. The number of rotatable bonds is 9. The zero-order valence-corrected chi connectivity index (χ0v) is 27.2. The van der Waals surface area contributed by atoms with Crippen molar-refractivity contribution in [1.82, 2.24) is 20.1 Å². The first-order valence-corrected chi connectivity index (χ1v) is 16.9. The monoisotopic (exact) mass is 655 g/mol. The van der Waals surface area contributed by atoms with E-state index in [9.17, 15) is 9.18 Å². The molecule has 45 heavy (non-hydrogen) atoms. The molecule has 1 saturated carbocycles. The molecule has 3 N–H and O–H groups in total. The van der Waals surface area contributed by atoms with Crippen molar-refractivity contribution in [3.05, 3.63) is 77.2 Å². The van der Waals surface area contributed by atoms with Crippen LogP contribution < -0.4 is 15.8 Å². The summed E-state index contributed by atoms with van der Waals surface area (Å²) >= 11 is 2.03. The van der Waals surface area contributed by atoms with Gasteiger partial charge < -0.3 is 20.5 Å². The normalized spacial score (nSPS) is 21.1. The number of pyridine rings is 1. The summed E-state index contributed by atoms with van der Waals surface area (Å²) in [4.78, 5) is 22.3. The highest BCUT2D eigenvalue weighted by atomic mass is 35.5. The third-order valence-corrected chi connectivity index (χ3v) is 9.65. The van der Waals surface area contributed by atoms with Crippen LogP contribution in [0.4, 0.5) is 4.39 Å². The number of hydrogen-bond acceptors (Lipinski definition) is 8. The van der Waals surface area contributed by atoms with Gasteiger partial charge in [0, 0.05) is 62.9 Å². The molecule has 11 heteroatoms. The number of aromatic nitrogens is 1. The summed E-state index contributed by atoms with van der Waals surface area (Å²) in [5.74, 6) is 2.02. The molecular formula is C34H43ClFN5O3S. The van der Waals surface area contributed by atoms with E-state index in [1.54, 1.807) is 0 Å². The first-order valence-electron chi connectivity index (χ1n) is 15.7. The lowest BCUT2D eigenvalue weighted by atomic mass is 9.91. The number of nitrogens with one attached hydrogen (secondary N) is 1. The van der Waals surface area contributed by atoms with Gasteiger partial charge in [-0.05, 0) is 66.1 Å². The number of thioether (sulfide) groups is 1. The van der Waals surface area contributed by atoms with Crippen LogP contribution in [0.3, 0.4) is 0 Å². The third kappa shape index (κ3) is 9.18. The van der Waals surface area contributed by atoms with Crippen LogP contribution >= 0.6 is 24.2 Å². The van der Waals surface area contributed by atoms with Gasteiger partial charge in [-0.25, -0.2) is 9.37 Å². The molecule has 1 aliphatic carbocycles. The van der Waals surface area contributed by atoms with Crippen LogP contribution in [0.15, 0.2) is 54.7 Å². The lowest BCUT2D eigenvalue weighted by Gasteiger charge is -2.29. The molecule has 0 bridgehead atoms. The summed E-state index contributed by atoms with van der Waals surface area (Å²) in [6.45, 7) is 7.35. The van der Waals surface area contributed by atoms with Crippen LogP contribution in [-0.2, 0) is 17.8 Å². The van der Waals surface area contributed by atoms with E-state index in [1.807, 2.05) is 30.0 Å². The van der Waals surface area contributed by atoms with Gasteiger partial charge in [0.15, 0.2) is 0 Å². The minimum absolute atomic E-state index is 0. The minimum Gasteiger partial charge on any atom is -0.438 e. The van der Waals surface area contributed by atoms with Crippen molar-refractivity contribution in [3.63, 3.8) is 0 Å². The fourth-order valence-electron chi connectivity index (χ4n) is 6.21. The quantitative estimate of drug-likeness (QED) is 0.313. The molecule has 8 nitrogen and oxygen atoms in total. The molecule has 3 heterocycles. The minimum atomic E-state index is -0.585. The SMILES string of the molecule is Cl.NC1CCC(NC(=O)c2cc(F)cnc2Oc2cccc(-c3ccc(CN4CCSCC4)cc3CN3CCOCC3)c2)CC1. The van der Waals surface area contributed by atoms with Crippen molar-refractivity contribution in [2.45, 2.75) is 50.9 Å². The predicted octanol–water partition coefficient (Wildman–Crippen LogP) is 5.48. The molecule has 0 radical (unpaired) electrons. The van der Waals surface area contributed by atoms with Crippen LogP contribution in [-0.4, -0.2) is 83.7 Å². The lowest BCUT2D eigenvalue weighted by Crippen LogP contribution is -2.40. The highest BCUT2D eigenvalue weighted by Crippen LogP contribution is 2.32. The third-order valence-electron chi connectivity index (χ3n) is 8.71. The van der Waals surface area contributed by atoms with E-state index in [0.29, 0.717) is 5.75 Å². The van der Waals surface area contributed by atoms with Gasteiger partial charge in [0.1, 0.15) is 17.1 Å². The van der Waals surface area contributed by atoms with E-state index in [2.05, 4.69) is 44.4 Å². The number of halogens is 2. The van der Waals surface area contributed by atoms with Gasteiger partial charge in [0.25, 0.3) is 5.91 Å². The summed E-state index contributed by atoms with van der Waals surface area (Å²) in [6.07, 6.45) is 4.39. The molecule has 242 valence electrons. The molecule has 2 aliphatic heterocycles. The molecule has 1 amide bonds. The molecule has 3 aliphatic rings. The highest BCUT2D eigenvalue weighted by Gasteiger charge is 2.24. The van der Waals surface area contributed by atoms with Crippen LogP contribution in [0.1, 0.15) is 47.2 Å². The highest BCUT2D eigenvalue weighted by molar-refractivity contribution is 7.99. The van der Waals surface area contributed by atoms with Gasteiger partial charge in [-0.2, -0.15) is 11.8 Å². The van der Waals surface area contributed by atoms with E-state index in [0.717, 1.165) is 95.5 Å². The van der Waals surface area contributed by atoms with Crippen molar-refractivity contribution in [1.29, 1.82) is 0 Å². The number of nitrogens with zero attached hydrogens (tertiary/aromatic N) is 3. The second-order valence-electron chi connectivity index (χ2n) is 12.0. The summed E-state index contributed by atoms with van der Waals surface area (Å²) < 4.78 is 26.0. The van der Waals surface area contributed by atoms with Crippen molar-refractivity contribution in [2.75, 3.05) is 50.9 Å². The van der Waals surface area contributed by atoms with Gasteiger partial charge in [-0.1, -0.05) is 30.3 Å². The average Bonchev–Trinajstić information content (AvgIpc) is 3.04. The molecule has 3 aromatic rings. The van der Waals surface area contributed by atoms with E-state index in [-0.39, 0.29) is 41.8 Å². The number of carbonyl (C=O) groups is 1. The number of hydrogen-bond donors (Lipinski definition) is 2. The first kappa shape index (κ1) is 33.6. The Morgan fingerprint density at radius 2 is 1.76 bits per heavy atom. The molecular weight excluding hydrogens is 613 g/mol. The maximum absolute atomic E-state index is 14.2. The molecule has 3 fully saturated rings. The Bertz CT molecular complexity index is 1430. The maximum Gasteiger partial charge on any atom is 0.257 e. The molecule has 0 unspecified atom stereocenters. The molecule has 1 aromatic heterocycles. The van der Waals surface area contributed by atoms with E-state index >= 15 is 0 Å². The second-order valence-corrected chi connectivity index (χ2v) is 13.2. The number of morpholine rings is 1. The number of benzene rings is 2. The summed E-state index contributed by atoms with van der Waals surface area (Å²) in [6, 6.07) is 16.0. The van der Waals surface area contributed by atoms with E-state index in [1.165, 1.54) is 28.7 Å². The predicted molar refractivity (Wildman–Crippen MR) is 180 cm³/mol. The zero-order chi connectivity index (χ0) is 30.3. The topological polar surface area (TPSA) is 92.9 Å². The van der Waals surface area contributed by atoms with Crippen molar-refractivity contribution >= 4 is 30.1 Å². The fourth-order valence-corrected chi connectivity index (χ4v) is 7.19. The standard InChI is InChI=1S/C34H42FN5O3S.ClH/c35-27-20-32(33(41)38-29-7-5-28(36)6-8-29)34(37-21-27)43-30-3-1-2-25(19-30)31-9-4-24(22-40-12-16-44-17-13-40)18-26(31)23-39-10-14-42-15-11-39;/h1-4,9,18-21,28-29H,5-8,10-17,22-23,36H2,(H,38,41);1H.